The van der Waals surface area contributed by atoms with Gasteiger partial charge in [-0.25, -0.2) is 9.78 Å². The zero-order valence-corrected chi connectivity index (χ0v) is 14.1. The Morgan fingerprint density at radius 3 is 2.83 bits per heavy atom. The highest BCUT2D eigenvalue weighted by molar-refractivity contribution is 5.89. The number of amides is 2. The number of nitrogens with one attached hydrogen (secondary N) is 1. The first kappa shape index (κ1) is 16.3. The van der Waals surface area contributed by atoms with E-state index in [0.29, 0.717) is 17.5 Å². The van der Waals surface area contributed by atoms with Crippen LogP contribution in [-0.4, -0.2) is 45.9 Å². The van der Waals surface area contributed by atoms with Crippen LogP contribution in [0.3, 0.4) is 0 Å². The summed E-state index contributed by atoms with van der Waals surface area (Å²) in [6.45, 7) is 4.28. The van der Waals surface area contributed by atoms with Crippen molar-refractivity contribution in [3.8, 4) is 5.75 Å². The first-order valence-electron chi connectivity index (χ1n) is 8.20. The molecule has 7 nitrogen and oxygen atoms in total. The van der Waals surface area contributed by atoms with Gasteiger partial charge >= 0.3 is 6.03 Å². The molecule has 0 aromatic carbocycles. The fraction of sp³-hybridized carbons (Fsp3) is 0.471. The van der Waals surface area contributed by atoms with Gasteiger partial charge in [-0.05, 0) is 43.9 Å². The van der Waals surface area contributed by atoms with Crippen molar-refractivity contribution in [2.75, 3.05) is 25.5 Å². The average Bonchev–Trinajstić information content (AvgIpc) is 3.09. The molecule has 128 valence electrons. The Morgan fingerprint density at radius 1 is 1.38 bits per heavy atom. The maximum Gasteiger partial charge on any atom is 0.323 e. The van der Waals surface area contributed by atoms with E-state index in [-0.39, 0.29) is 6.03 Å². The number of likely N-dealkylation sites (tertiary alicyclic amines) is 1. The van der Waals surface area contributed by atoms with Crippen LogP contribution < -0.4 is 10.1 Å². The second-order valence-corrected chi connectivity index (χ2v) is 6.09. The lowest BCUT2D eigenvalue weighted by atomic mass is 9.97. The number of carbonyl (C=O) groups is 1. The summed E-state index contributed by atoms with van der Waals surface area (Å²) in [6.07, 6.45) is 5.73. The molecule has 7 heteroatoms. The van der Waals surface area contributed by atoms with Crippen LogP contribution in [0.1, 0.15) is 18.5 Å². The van der Waals surface area contributed by atoms with Gasteiger partial charge in [0, 0.05) is 37.7 Å². The lowest BCUT2D eigenvalue weighted by Gasteiger charge is -2.32. The summed E-state index contributed by atoms with van der Waals surface area (Å²) < 4.78 is 7.22. The van der Waals surface area contributed by atoms with Crippen LogP contribution in [0.2, 0.25) is 0 Å². The topological polar surface area (TPSA) is 72.3 Å². The Bertz CT molecular complexity index is 678. The molecule has 3 heterocycles. The van der Waals surface area contributed by atoms with E-state index in [1.807, 2.05) is 40.9 Å². The van der Waals surface area contributed by atoms with Gasteiger partial charge in [-0.15, -0.1) is 0 Å². The van der Waals surface area contributed by atoms with Crippen molar-refractivity contribution in [2.24, 2.45) is 5.92 Å². The van der Waals surface area contributed by atoms with Crippen molar-refractivity contribution in [1.82, 2.24) is 19.7 Å². The van der Waals surface area contributed by atoms with Crippen LogP contribution in [0, 0.1) is 12.8 Å². The Labute approximate surface area is 141 Å². The van der Waals surface area contributed by atoms with E-state index in [4.69, 9.17) is 4.74 Å². The van der Waals surface area contributed by atoms with Gasteiger partial charge < -0.3 is 9.64 Å². The molecule has 2 aromatic rings. The van der Waals surface area contributed by atoms with Crippen LogP contribution in [0.15, 0.2) is 30.6 Å². The number of pyridine rings is 1. The predicted molar refractivity (Wildman–Crippen MR) is 91.1 cm³/mol. The number of piperidine rings is 1. The quantitative estimate of drug-likeness (QED) is 0.935. The SMILES string of the molecule is COc1ccc(C)nc1NC(=O)N1CCC(Cn2cccn2)CC1. The minimum absolute atomic E-state index is 0.121. The Morgan fingerprint density at radius 2 is 2.17 bits per heavy atom. The number of aryl methyl sites for hydroxylation is 1. The van der Waals surface area contributed by atoms with Crippen molar-refractivity contribution < 1.29 is 9.53 Å². The maximum atomic E-state index is 12.5. The third-order valence-corrected chi connectivity index (χ3v) is 4.35. The maximum absolute atomic E-state index is 12.5. The number of rotatable bonds is 4. The number of aromatic nitrogens is 3. The number of carbonyl (C=O) groups excluding carboxylic acids is 1. The van der Waals surface area contributed by atoms with Crippen LogP contribution in [0.5, 0.6) is 5.75 Å². The van der Waals surface area contributed by atoms with Gasteiger partial charge in [0.2, 0.25) is 0 Å². The third-order valence-electron chi connectivity index (χ3n) is 4.35. The van der Waals surface area contributed by atoms with Crippen LogP contribution in [-0.2, 0) is 6.54 Å². The average molecular weight is 329 g/mol. The Hall–Kier alpha value is -2.57. The molecule has 1 aliphatic heterocycles. The molecule has 0 atom stereocenters. The second-order valence-electron chi connectivity index (χ2n) is 6.09. The first-order valence-corrected chi connectivity index (χ1v) is 8.20. The monoisotopic (exact) mass is 329 g/mol. The summed E-state index contributed by atoms with van der Waals surface area (Å²) in [5, 5.41) is 7.11. The summed E-state index contributed by atoms with van der Waals surface area (Å²) in [7, 11) is 1.57. The number of hydrogen-bond donors (Lipinski definition) is 1. The van der Waals surface area contributed by atoms with E-state index in [1.165, 1.54) is 0 Å². The number of anilines is 1. The van der Waals surface area contributed by atoms with Crippen LogP contribution >= 0.6 is 0 Å². The normalized spacial score (nSPS) is 15.3. The minimum atomic E-state index is -0.121. The van der Waals surface area contributed by atoms with Crippen molar-refractivity contribution in [2.45, 2.75) is 26.3 Å². The molecule has 24 heavy (non-hydrogen) atoms. The molecule has 0 saturated carbocycles. The number of nitrogens with zero attached hydrogens (tertiary/aromatic N) is 4. The van der Waals surface area contributed by atoms with E-state index in [0.717, 1.165) is 38.2 Å². The lowest BCUT2D eigenvalue weighted by molar-refractivity contribution is 0.175. The fourth-order valence-corrected chi connectivity index (χ4v) is 2.97. The molecule has 1 saturated heterocycles. The van der Waals surface area contributed by atoms with E-state index in [9.17, 15) is 4.79 Å². The van der Waals surface area contributed by atoms with Gasteiger partial charge in [-0.2, -0.15) is 5.10 Å². The van der Waals surface area contributed by atoms with E-state index in [2.05, 4.69) is 15.4 Å². The fourth-order valence-electron chi connectivity index (χ4n) is 2.97. The zero-order valence-electron chi connectivity index (χ0n) is 14.1. The molecule has 0 unspecified atom stereocenters. The number of ether oxygens (including phenoxy) is 1. The lowest BCUT2D eigenvalue weighted by Crippen LogP contribution is -2.41. The van der Waals surface area contributed by atoms with Crippen molar-refractivity contribution >= 4 is 11.8 Å². The largest absolute Gasteiger partial charge is 0.493 e. The summed E-state index contributed by atoms with van der Waals surface area (Å²) in [4.78, 5) is 18.7. The molecule has 0 spiro atoms. The van der Waals surface area contributed by atoms with Crippen molar-refractivity contribution in [1.29, 1.82) is 0 Å². The summed E-state index contributed by atoms with van der Waals surface area (Å²) in [5.41, 5.74) is 0.837. The standard InChI is InChI=1S/C17H23N5O2/c1-13-4-5-15(24-2)16(19-13)20-17(23)21-10-6-14(7-11-21)12-22-9-3-8-18-22/h3-5,8-9,14H,6-7,10-12H2,1-2H3,(H,19,20,23). The summed E-state index contributed by atoms with van der Waals surface area (Å²) in [6, 6.07) is 5.48. The Kier molecular flexibility index (Phi) is 4.98. The molecule has 3 rings (SSSR count). The molecule has 0 radical (unpaired) electrons. The van der Waals surface area contributed by atoms with Crippen LogP contribution in [0.4, 0.5) is 10.6 Å². The number of hydrogen-bond acceptors (Lipinski definition) is 4. The van der Waals surface area contributed by atoms with Gasteiger partial charge in [-0.3, -0.25) is 10.00 Å². The second kappa shape index (κ2) is 7.33. The zero-order chi connectivity index (χ0) is 16.9. The van der Waals surface area contributed by atoms with E-state index >= 15 is 0 Å². The van der Waals surface area contributed by atoms with Gasteiger partial charge in [0.1, 0.15) is 0 Å². The molecule has 2 aromatic heterocycles. The van der Waals surface area contributed by atoms with Crippen molar-refractivity contribution in [3.63, 3.8) is 0 Å². The molecular weight excluding hydrogens is 306 g/mol. The van der Waals surface area contributed by atoms with E-state index in [1.54, 1.807) is 13.3 Å². The molecular formula is C17H23N5O2. The van der Waals surface area contributed by atoms with E-state index < -0.39 is 0 Å². The minimum Gasteiger partial charge on any atom is -0.493 e. The third kappa shape index (κ3) is 3.84. The first-order chi connectivity index (χ1) is 11.7. The Balaban J connectivity index is 1.54. The molecule has 0 aliphatic carbocycles. The van der Waals surface area contributed by atoms with Gasteiger partial charge in [-0.1, -0.05) is 0 Å². The van der Waals surface area contributed by atoms with Crippen LogP contribution in [0.25, 0.3) is 0 Å². The highest BCUT2D eigenvalue weighted by Gasteiger charge is 2.24. The van der Waals surface area contributed by atoms with Gasteiger partial charge in [0.25, 0.3) is 0 Å². The predicted octanol–water partition coefficient (Wildman–Crippen LogP) is 2.54. The molecule has 0 bridgehead atoms. The van der Waals surface area contributed by atoms with Gasteiger partial charge in [0.15, 0.2) is 11.6 Å². The summed E-state index contributed by atoms with van der Waals surface area (Å²) in [5.74, 6) is 1.60. The number of urea groups is 1. The molecule has 2 amide bonds. The number of methoxy groups -OCH3 is 1. The van der Waals surface area contributed by atoms with Gasteiger partial charge in [0.05, 0.1) is 7.11 Å². The highest BCUT2D eigenvalue weighted by Crippen LogP contribution is 2.24. The highest BCUT2D eigenvalue weighted by atomic mass is 16.5. The molecule has 1 N–H and O–H groups in total. The smallest absolute Gasteiger partial charge is 0.323 e. The molecule has 1 aliphatic rings. The van der Waals surface area contributed by atoms with Crippen molar-refractivity contribution in [3.05, 3.63) is 36.3 Å². The summed E-state index contributed by atoms with van der Waals surface area (Å²) >= 11 is 0. The molecule has 1 fully saturated rings.